The summed E-state index contributed by atoms with van der Waals surface area (Å²) >= 11 is 0. The molecule has 23 heavy (non-hydrogen) atoms. The SMILES string of the molecule is Cc1ccccc1C(NC(=O)Cc1ccc(N)cc1)C(C)(C)C. The standard InChI is InChI=1S/C20H26N2O/c1-14-7-5-6-8-17(14)19(20(2,3)4)22-18(23)13-15-9-11-16(21)12-10-15/h5-12,19H,13,21H2,1-4H3,(H,22,23). The minimum Gasteiger partial charge on any atom is -0.399 e. The molecular formula is C20H26N2O. The molecule has 1 atom stereocenters. The van der Waals surface area contributed by atoms with Crippen molar-refractivity contribution in [3.8, 4) is 0 Å². The van der Waals surface area contributed by atoms with E-state index in [1.807, 2.05) is 36.4 Å². The highest BCUT2D eigenvalue weighted by Gasteiger charge is 2.28. The second-order valence-electron chi connectivity index (χ2n) is 7.14. The van der Waals surface area contributed by atoms with Gasteiger partial charge < -0.3 is 11.1 Å². The van der Waals surface area contributed by atoms with Crippen LogP contribution in [0.1, 0.15) is 43.5 Å². The Kier molecular flexibility index (Phi) is 5.09. The van der Waals surface area contributed by atoms with Crippen LogP contribution in [0, 0.1) is 12.3 Å². The Morgan fingerprint density at radius 2 is 1.70 bits per heavy atom. The molecule has 0 saturated carbocycles. The largest absolute Gasteiger partial charge is 0.399 e. The summed E-state index contributed by atoms with van der Waals surface area (Å²) in [5.74, 6) is 0.0259. The molecule has 0 fully saturated rings. The zero-order chi connectivity index (χ0) is 17.0. The number of nitrogens with two attached hydrogens (primary N) is 1. The van der Waals surface area contributed by atoms with Crippen LogP contribution in [0.3, 0.4) is 0 Å². The Bertz CT molecular complexity index is 669. The van der Waals surface area contributed by atoms with Crippen molar-refractivity contribution in [2.45, 2.75) is 40.2 Å². The maximum Gasteiger partial charge on any atom is 0.224 e. The molecule has 2 aromatic carbocycles. The maximum atomic E-state index is 12.5. The number of carbonyl (C=O) groups excluding carboxylic acids is 1. The van der Waals surface area contributed by atoms with Gasteiger partial charge in [-0.25, -0.2) is 0 Å². The Labute approximate surface area is 138 Å². The summed E-state index contributed by atoms with van der Waals surface area (Å²) < 4.78 is 0. The number of carbonyl (C=O) groups is 1. The van der Waals surface area contributed by atoms with E-state index in [0.717, 1.165) is 5.56 Å². The number of nitrogen functional groups attached to an aromatic ring is 1. The van der Waals surface area contributed by atoms with Gasteiger partial charge in [-0.15, -0.1) is 0 Å². The maximum absolute atomic E-state index is 12.5. The van der Waals surface area contributed by atoms with Gasteiger partial charge in [0, 0.05) is 5.69 Å². The Morgan fingerprint density at radius 3 is 2.26 bits per heavy atom. The molecule has 0 aromatic heterocycles. The lowest BCUT2D eigenvalue weighted by molar-refractivity contribution is -0.122. The fourth-order valence-corrected chi connectivity index (χ4v) is 2.70. The zero-order valence-corrected chi connectivity index (χ0v) is 14.4. The summed E-state index contributed by atoms with van der Waals surface area (Å²) in [6, 6.07) is 15.6. The minimum absolute atomic E-state index is 0.0232. The smallest absolute Gasteiger partial charge is 0.224 e. The summed E-state index contributed by atoms with van der Waals surface area (Å²) in [4.78, 5) is 12.5. The van der Waals surface area contributed by atoms with Gasteiger partial charge in [0.1, 0.15) is 0 Å². The van der Waals surface area contributed by atoms with E-state index >= 15 is 0 Å². The minimum atomic E-state index is -0.0666. The number of nitrogens with one attached hydrogen (secondary N) is 1. The summed E-state index contributed by atoms with van der Waals surface area (Å²) in [5.41, 5.74) is 9.66. The normalized spacial score (nSPS) is 12.7. The van der Waals surface area contributed by atoms with Gasteiger partial charge in [0.15, 0.2) is 0 Å². The van der Waals surface area contributed by atoms with Crippen molar-refractivity contribution in [3.05, 3.63) is 65.2 Å². The number of aryl methyl sites for hydroxylation is 1. The van der Waals surface area contributed by atoms with Crippen LogP contribution in [0.2, 0.25) is 0 Å². The van der Waals surface area contributed by atoms with E-state index in [1.165, 1.54) is 11.1 Å². The molecule has 0 aliphatic heterocycles. The highest BCUT2D eigenvalue weighted by molar-refractivity contribution is 5.79. The van der Waals surface area contributed by atoms with Crippen molar-refractivity contribution in [1.29, 1.82) is 0 Å². The lowest BCUT2D eigenvalue weighted by atomic mass is 9.80. The van der Waals surface area contributed by atoms with E-state index in [9.17, 15) is 4.79 Å². The third-order valence-electron chi connectivity index (χ3n) is 4.02. The van der Waals surface area contributed by atoms with Crippen LogP contribution in [-0.2, 0) is 11.2 Å². The van der Waals surface area contributed by atoms with Crippen molar-refractivity contribution in [2.24, 2.45) is 5.41 Å². The highest BCUT2D eigenvalue weighted by Crippen LogP contribution is 2.34. The Morgan fingerprint density at radius 1 is 1.09 bits per heavy atom. The van der Waals surface area contributed by atoms with Gasteiger partial charge in [-0.3, -0.25) is 4.79 Å². The molecule has 0 aliphatic carbocycles. The summed E-state index contributed by atoms with van der Waals surface area (Å²) in [7, 11) is 0. The summed E-state index contributed by atoms with van der Waals surface area (Å²) in [6.45, 7) is 8.52. The fraction of sp³-hybridized carbons (Fsp3) is 0.350. The molecule has 2 aromatic rings. The molecule has 0 spiro atoms. The van der Waals surface area contributed by atoms with Gasteiger partial charge in [-0.1, -0.05) is 57.2 Å². The predicted octanol–water partition coefficient (Wildman–Crippen LogP) is 4.02. The fourth-order valence-electron chi connectivity index (χ4n) is 2.70. The van der Waals surface area contributed by atoms with Crippen LogP contribution in [0.5, 0.6) is 0 Å². The van der Waals surface area contributed by atoms with Crippen LogP contribution in [0.4, 0.5) is 5.69 Å². The van der Waals surface area contributed by atoms with Crippen molar-refractivity contribution in [2.75, 3.05) is 5.73 Å². The number of anilines is 1. The molecule has 0 bridgehead atoms. The van der Waals surface area contributed by atoms with Gasteiger partial charge >= 0.3 is 0 Å². The van der Waals surface area contributed by atoms with E-state index in [-0.39, 0.29) is 17.4 Å². The highest BCUT2D eigenvalue weighted by atomic mass is 16.1. The van der Waals surface area contributed by atoms with Gasteiger partial charge in [-0.2, -0.15) is 0 Å². The van der Waals surface area contributed by atoms with Crippen molar-refractivity contribution in [3.63, 3.8) is 0 Å². The molecule has 0 radical (unpaired) electrons. The van der Waals surface area contributed by atoms with Crippen LogP contribution in [-0.4, -0.2) is 5.91 Å². The average Bonchev–Trinajstić information content (AvgIpc) is 2.47. The van der Waals surface area contributed by atoms with E-state index in [2.05, 4.69) is 45.1 Å². The molecular weight excluding hydrogens is 284 g/mol. The Hall–Kier alpha value is -2.29. The molecule has 1 amide bonds. The third kappa shape index (κ3) is 4.59. The van der Waals surface area contributed by atoms with Gasteiger partial charge in [0.25, 0.3) is 0 Å². The first kappa shape index (κ1) is 17.1. The number of rotatable bonds is 4. The topological polar surface area (TPSA) is 55.1 Å². The first-order valence-corrected chi connectivity index (χ1v) is 7.96. The lowest BCUT2D eigenvalue weighted by Gasteiger charge is -2.33. The molecule has 3 N–H and O–H groups in total. The zero-order valence-electron chi connectivity index (χ0n) is 14.4. The predicted molar refractivity (Wildman–Crippen MR) is 96.1 cm³/mol. The Balaban J connectivity index is 2.17. The van der Waals surface area contributed by atoms with Gasteiger partial charge in [0.2, 0.25) is 5.91 Å². The van der Waals surface area contributed by atoms with Crippen LogP contribution < -0.4 is 11.1 Å². The van der Waals surface area contributed by atoms with Crippen LogP contribution >= 0.6 is 0 Å². The number of benzene rings is 2. The molecule has 2 rings (SSSR count). The van der Waals surface area contributed by atoms with E-state index in [0.29, 0.717) is 12.1 Å². The molecule has 1 unspecified atom stereocenters. The third-order valence-corrected chi connectivity index (χ3v) is 4.02. The molecule has 0 saturated heterocycles. The van der Waals surface area contributed by atoms with Gasteiger partial charge in [-0.05, 0) is 41.2 Å². The number of amides is 1. The quantitative estimate of drug-likeness (QED) is 0.838. The number of hydrogen-bond donors (Lipinski definition) is 2. The molecule has 0 aliphatic rings. The second kappa shape index (κ2) is 6.86. The summed E-state index contributed by atoms with van der Waals surface area (Å²) in [5, 5.41) is 3.21. The average molecular weight is 310 g/mol. The first-order chi connectivity index (χ1) is 10.8. The van der Waals surface area contributed by atoms with Crippen molar-refractivity contribution >= 4 is 11.6 Å². The molecule has 0 heterocycles. The van der Waals surface area contributed by atoms with E-state index in [4.69, 9.17) is 5.73 Å². The number of hydrogen-bond acceptors (Lipinski definition) is 2. The van der Waals surface area contributed by atoms with Crippen LogP contribution in [0.15, 0.2) is 48.5 Å². The monoisotopic (exact) mass is 310 g/mol. The molecule has 3 heteroatoms. The van der Waals surface area contributed by atoms with Gasteiger partial charge in [0.05, 0.1) is 12.5 Å². The lowest BCUT2D eigenvalue weighted by Crippen LogP contribution is -2.37. The second-order valence-corrected chi connectivity index (χ2v) is 7.14. The first-order valence-electron chi connectivity index (χ1n) is 7.96. The van der Waals surface area contributed by atoms with E-state index < -0.39 is 0 Å². The van der Waals surface area contributed by atoms with E-state index in [1.54, 1.807) is 0 Å². The summed E-state index contributed by atoms with van der Waals surface area (Å²) in [6.07, 6.45) is 0.360. The molecule has 3 nitrogen and oxygen atoms in total. The van der Waals surface area contributed by atoms with Crippen LogP contribution in [0.25, 0.3) is 0 Å². The van der Waals surface area contributed by atoms with Crippen molar-refractivity contribution in [1.82, 2.24) is 5.32 Å². The molecule has 122 valence electrons. The van der Waals surface area contributed by atoms with Crippen molar-refractivity contribution < 1.29 is 4.79 Å².